The van der Waals surface area contributed by atoms with Gasteiger partial charge in [-0.2, -0.15) is 4.31 Å². The van der Waals surface area contributed by atoms with Gasteiger partial charge in [0.1, 0.15) is 11.7 Å². The zero-order chi connectivity index (χ0) is 20.3. The fraction of sp³-hybridized carbons (Fsp3) is 0.611. The van der Waals surface area contributed by atoms with Gasteiger partial charge in [-0.05, 0) is 26.0 Å². The fourth-order valence-corrected chi connectivity index (χ4v) is 5.58. The molecule has 9 nitrogen and oxygen atoms in total. The predicted octanol–water partition coefficient (Wildman–Crippen LogP) is 0.149. The lowest BCUT2D eigenvalue weighted by molar-refractivity contribution is -0.148. The molecule has 3 rings (SSSR count). The van der Waals surface area contributed by atoms with Gasteiger partial charge in [-0.3, -0.25) is 10.2 Å². The molecule has 0 bridgehead atoms. The molecule has 2 fully saturated rings. The van der Waals surface area contributed by atoms with E-state index in [1.165, 1.54) is 4.31 Å². The summed E-state index contributed by atoms with van der Waals surface area (Å²) in [6, 6.07) is 7.37. The zero-order valence-corrected chi connectivity index (χ0v) is 17.2. The molecule has 10 heteroatoms. The fourth-order valence-electron chi connectivity index (χ4n) is 3.65. The van der Waals surface area contributed by atoms with Crippen LogP contribution in [-0.2, 0) is 19.6 Å². The number of sulfonamides is 1. The normalized spacial score (nSPS) is 26.2. The van der Waals surface area contributed by atoms with Gasteiger partial charge in [0, 0.05) is 44.0 Å². The van der Waals surface area contributed by atoms with Crippen molar-refractivity contribution in [3.05, 3.63) is 24.3 Å². The molecule has 2 N–H and O–H groups in total. The van der Waals surface area contributed by atoms with Gasteiger partial charge < -0.3 is 14.4 Å². The lowest BCUT2D eigenvalue weighted by Gasteiger charge is -2.37. The summed E-state index contributed by atoms with van der Waals surface area (Å²) in [7, 11) is -2.10. The topological polar surface area (TPSA) is 100 Å². The molecule has 3 atom stereocenters. The number of rotatable bonds is 6. The number of methoxy groups -OCH3 is 1. The van der Waals surface area contributed by atoms with Gasteiger partial charge in [0.25, 0.3) is 0 Å². The Kier molecular flexibility index (Phi) is 6.43. The molecule has 0 saturated carbocycles. The van der Waals surface area contributed by atoms with Crippen molar-refractivity contribution in [3.8, 4) is 5.75 Å². The largest absolute Gasteiger partial charge is 0.497 e. The Morgan fingerprint density at radius 2 is 1.93 bits per heavy atom. The summed E-state index contributed by atoms with van der Waals surface area (Å²) in [5.74, 6) is -0.530. The molecule has 0 spiro atoms. The van der Waals surface area contributed by atoms with Gasteiger partial charge in [0.15, 0.2) is 5.37 Å². The van der Waals surface area contributed by atoms with Gasteiger partial charge in [-0.1, -0.05) is 6.07 Å². The van der Waals surface area contributed by atoms with E-state index in [0.29, 0.717) is 26.2 Å². The molecular formula is C18H28N4O5S. The SMILES string of the molecule is CCOC(=O)C1C(C)NNC1S(=O)(=O)N1CCN(c2cccc(OC)c2)CC1. The van der Waals surface area contributed by atoms with Gasteiger partial charge in [0.2, 0.25) is 10.0 Å². The van der Waals surface area contributed by atoms with E-state index in [4.69, 9.17) is 9.47 Å². The monoisotopic (exact) mass is 412 g/mol. The van der Waals surface area contributed by atoms with E-state index < -0.39 is 27.3 Å². The second-order valence-electron chi connectivity index (χ2n) is 6.91. The third kappa shape index (κ3) is 4.09. The number of carbonyl (C=O) groups is 1. The number of hydrogen-bond donors (Lipinski definition) is 2. The summed E-state index contributed by atoms with van der Waals surface area (Å²) in [4.78, 5) is 14.4. The van der Waals surface area contributed by atoms with Crippen molar-refractivity contribution >= 4 is 21.7 Å². The molecule has 1 aromatic rings. The van der Waals surface area contributed by atoms with Gasteiger partial charge in [0.05, 0.1) is 13.7 Å². The van der Waals surface area contributed by atoms with Crippen LogP contribution in [-0.4, -0.2) is 70.0 Å². The highest BCUT2D eigenvalue weighted by atomic mass is 32.2. The second kappa shape index (κ2) is 8.64. The Balaban J connectivity index is 1.69. The molecule has 3 unspecified atom stereocenters. The molecule has 0 aliphatic carbocycles. The Hall–Kier alpha value is -1.88. The minimum Gasteiger partial charge on any atom is -0.497 e. The highest BCUT2D eigenvalue weighted by Gasteiger charge is 2.49. The van der Waals surface area contributed by atoms with Crippen LogP contribution in [0.5, 0.6) is 5.75 Å². The van der Waals surface area contributed by atoms with E-state index in [0.717, 1.165) is 11.4 Å². The highest BCUT2D eigenvalue weighted by Crippen LogP contribution is 2.26. The van der Waals surface area contributed by atoms with Crippen molar-refractivity contribution in [1.29, 1.82) is 0 Å². The minimum absolute atomic E-state index is 0.216. The van der Waals surface area contributed by atoms with Crippen LogP contribution in [0.1, 0.15) is 13.8 Å². The van der Waals surface area contributed by atoms with E-state index in [2.05, 4.69) is 15.8 Å². The third-order valence-corrected chi connectivity index (χ3v) is 7.35. The van der Waals surface area contributed by atoms with Crippen molar-refractivity contribution in [2.24, 2.45) is 5.92 Å². The number of piperazine rings is 1. The Morgan fingerprint density at radius 1 is 1.21 bits per heavy atom. The summed E-state index contributed by atoms with van der Waals surface area (Å²) >= 11 is 0. The first-order valence-electron chi connectivity index (χ1n) is 9.44. The first-order chi connectivity index (χ1) is 13.4. The second-order valence-corrected chi connectivity index (χ2v) is 8.96. The van der Waals surface area contributed by atoms with Crippen LogP contribution in [0.25, 0.3) is 0 Å². The van der Waals surface area contributed by atoms with Crippen LogP contribution in [0.3, 0.4) is 0 Å². The molecule has 0 amide bonds. The molecule has 28 heavy (non-hydrogen) atoms. The smallest absolute Gasteiger partial charge is 0.313 e. The molecule has 1 aromatic carbocycles. The third-order valence-electron chi connectivity index (χ3n) is 5.21. The summed E-state index contributed by atoms with van der Waals surface area (Å²) in [6.45, 7) is 5.51. The Morgan fingerprint density at radius 3 is 2.57 bits per heavy atom. The molecule has 156 valence electrons. The van der Waals surface area contributed by atoms with Crippen LogP contribution in [0.15, 0.2) is 24.3 Å². The lowest BCUT2D eigenvalue weighted by Crippen LogP contribution is -2.55. The van der Waals surface area contributed by atoms with E-state index in [1.54, 1.807) is 21.0 Å². The first-order valence-corrected chi connectivity index (χ1v) is 10.9. The van der Waals surface area contributed by atoms with E-state index >= 15 is 0 Å². The summed E-state index contributed by atoms with van der Waals surface area (Å²) in [5.41, 5.74) is 6.65. The maximum Gasteiger partial charge on any atom is 0.313 e. The maximum absolute atomic E-state index is 13.2. The number of carbonyl (C=O) groups excluding carboxylic acids is 1. The zero-order valence-electron chi connectivity index (χ0n) is 16.4. The van der Waals surface area contributed by atoms with Crippen molar-refractivity contribution < 1.29 is 22.7 Å². The number of hydrazine groups is 1. The molecule has 0 radical (unpaired) electrons. The van der Waals surface area contributed by atoms with Crippen LogP contribution >= 0.6 is 0 Å². The molecule has 2 heterocycles. The van der Waals surface area contributed by atoms with Crippen molar-refractivity contribution in [2.75, 3.05) is 44.8 Å². The Labute approximate surface area is 166 Å². The van der Waals surface area contributed by atoms with Crippen LogP contribution in [0.4, 0.5) is 5.69 Å². The van der Waals surface area contributed by atoms with Crippen LogP contribution < -0.4 is 20.5 Å². The summed E-state index contributed by atoms with van der Waals surface area (Å²) in [5, 5.41) is -1.04. The van der Waals surface area contributed by atoms with E-state index in [9.17, 15) is 13.2 Å². The van der Waals surface area contributed by atoms with Crippen molar-refractivity contribution in [2.45, 2.75) is 25.3 Å². The van der Waals surface area contributed by atoms with E-state index in [1.807, 2.05) is 24.3 Å². The molecule has 0 aromatic heterocycles. The Bertz CT molecular complexity index is 795. The highest BCUT2D eigenvalue weighted by molar-refractivity contribution is 7.89. The average molecular weight is 413 g/mol. The number of esters is 1. The number of nitrogens with one attached hydrogen (secondary N) is 2. The number of benzene rings is 1. The van der Waals surface area contributed by atoms with Crippen molar-refractivity contribution in [1.82, 2.24) is 15.2 Å². The first kappa shape index (κ1) is 20.8. The molecule has 2 aliphatic heterocycles. The lowest BCUT2D eigenvalue weighted by atomic mass is 10.0. The van der Waals surface area contributed by atoms with Gasteiger partial charge >= 0.3 is 5.97 Å². The van der Waals surface area contributed by atoms with Crippen molar-refractivity contribution in [3.63, 3.8) is 0 Å². The number of anilines is 1. The minimum atomic E-state index is -3.72. The number of nitrogens with zero attached hydrogens (tertiary/aromatic N) is 2. The summed E-state index contributed by atoms with van der Waals surface area (Å²) < 4.78 is 38.1. The quantitative estimate of drug-likeness (QED) is 0.637. The molecular weight excluding hydrogens is 384 g/mol. The van der Waals surface area contributed by atoms with Crippen LogP contribution in [0, 0.1) is 5.92 Å². The van der Waals surface area contributed by atoms with Gasteiger partial charge in [-0.15, -0.1) is 0 Å². The standard InChI is InChI=1S/C18H28N4O5S/c1-4-27-18(23)16-13(2)19-20-17(16)28(24,25)22-10-8-21(9-11-22)14-6-5-7-15(12-14)26-3/h5-7,12-13,16-17,19-20H,4,8-11H2,1-3H3. The molecule has 2 saturated heterocycles. The molecule has 2 aliphatic rings. The average Bonchev–Trinajstić information content (AvgIpc) is 3.10. The predicted molar refractivity (Wildman–Crippen MR) is 105 cm³/mol. The summed E-state index contributed by atoms with van der Waals surface area (Å²) in [6.07, 6.45) is 0. The number of hydrogen-bond acceptors (Lipinski definition) is 8. The number of ether oxygens (including phenoxy) is 2. The van der Waals surface area contributed by atoms with E-state index in [-0.39, 0.29) is 12.6 Å². The van der Waals surface area contributed by atoms with Crippen LogP contribution in [0.2, 0.25) is 0 Å². The maximum atomic E-state index is 13.2. The van der Waals surface area contributed by atoms with Gasteiger partial charge in [-0.25, -0.2) is 13.8 Å².